The topological polar surface area (TPSA) is 104 Å². The Morgan fingerprint density at radius 1 is 1.16 bits per heavy atom. The highest BCUT2D eigenvalue weighted by Crippen LogP contribution is 2.32. The Bertz CT molecular complexity index is 1200. The Kier molecular flexibility index (Phi) is 5.80. The van der Waals surface area contributed by atoms with E-state index in [1.165, 1.54) is 15.7 Å². The second-order valence-electron chi connectivity index (χ2n) is 8.62. The fourth-order valence-corrected chi connectivity index (χ4v) is 4.32. The number of carbonyl (C=O) groups is 1. The third-order valence-electron chi connectivity index (χ3n) is 6.19. The van der Waals surface area contributed by atoms with Crippen LogP contribution in [0, 0.1) is 0 Å². The number of likely N-dealkylation sites (tertiary alicyclic amines) is 1. The molecule has 1 fully saturated rings. The van der Waals surface area contributed by atoms with Gasteiger partial charge in [-0.25, -0.2) is 9.78 Å². The molecule has 164 valence electrons. The van der Waals surface area contributed by atoms with Crippen molar-refractivity contribution < 1.29 is 4.79 Å². The van der Waals surface area contributed by atoms with Crippen LogP contribution in [-0.2, 0) is 18.3 Å². The zero-order valence-electron chi connectivity index (χ0n) is 18.3. The number of aromatic amines is 2. The summed E-state index contributed by atoms with van der Waals surface area (Å²) in [4.78, 5) is 48.4. The molecule has 1 aliphatic heterocycles. The molecular weight excluding hydrogens is 394 g/mol. The largest absolute Gasteiger partial charge is 0.336 e. The molecule has 0 radical (unpaired) electrons. The van der Waals surface area contributed by atoms with Crippen molar-refractivity contribution in [2.45, 2.75) is 57.9 Å². The number of amides is 1. The van der Waals surface area contributed by atoms with Gasteiger partial charge >= 0.3 is 5.69 Å². The van der Waals surface area contributed by atoms with E-state index in [0.717, 1.165) is 25.8 Å². The molecule has 2 N–H and O–H groups in total. The van der Waals surface area contributed by atoms with Gasteiger partial charge in [-0.3, -0.25) is 19.1 Å². The van der Waals surface area contributed by atoms with Crippen LogP contribution in [0.15, 0.2) is 33.9 Å². The predicted molar refractivity (Wildman–Crippen MR) is 119 cm³/mol. The van der Waals surface area contributed by atoms with Crippen LogP contribution in [0.25, 0.3) is 11.2 Å². The van der Waals surface area contributed by atoms with E-state index in [1.54, 1.807) is 7.05 Å². The van der Waals surface area contributed by atoms with Crippen molar-refractivity contribution in [3.63, 3.8) is 0 Å². The number of hydrogen-bond acceptors (Lipinski definition) is 4. The van der Waals surface area contributed by atoms with Crippen molar-refractivity contribution >= 4 is 17.1 Å². The molecule has 1 aliphatic rings. The predicted octanol–water partition coefficient (Wildman–Crippen LogP) is 2.76. The van der Waals surface area contributed by atoms with Gasteiger partial charge in [-0.1, -0.05) is 38.1 Å². The number of hydrogen-bond donors (Lipinski definition) is 2. The molecule has 1 amide bonds. The van der Waals surface area contributed by atoms with E-state index >= 15 is 0 Å². The summed E-state index contributed by atoms with van der Waals surface area (Å²) in [5.41, 5.74) is 2.03. The maximum Gasteiger partial charge on any atom is 0.329 e. The zero-order valence-corrected chi connectivity index (χ0v) is 18.3. The Labute approximate surface area is 180 Å². The van der Waals surface area contributed by atoms with Crippen LogP contribution in [0.4, 0.5) is 0 Å². The number of H-pyrrole nitrogens is 2. The minimum atomic E-state index is -0.508. The summed E-state index contributed by atoms with van der Waals surface area (Å²) in [6.07, 6.45) is 3.77. The fraction of sp³-hybridized carbons (Fsp3) is 0.478. The first kappa shape index (κ1) is 21.1. The van der Waals surface area contributed by atoms with Crippen LogP contribution < -0.4 is 11.2 Å². The summed E-state index contributed by atoms with van der Waals surface area (Å²) in [5.74, 6) is 1.10. The van der Waals surface area contributed by atoms with Gasteiger partial charge in [-0.2, -0.15) is 0 Å². The Morgan fingerprint density at radius 3 is 2.61 bits per heavy atom. The molecule has 0 unspecified atom stereocenters. The van der Waals surface area contributed by atoms with Gasteiger partial charge in [0, 0.05) is 26.4 Å². The molecule has 1 atom stereocenters. The fourth-order valence-electron chi connectivity index (χ4n) is 4.32. The maximum absolute atomic E-state index is 13.1. The van der Waals surface area contributed by atoms with Crippen molar-refractivity contribution in [3.05, 3.63) is 62.1 Å². The van der Waals surface area contributed by atoms with Crippen molar-refractivity contribution in [1.82, 2.24) is 24.4 Å². The number of fused-ring (bicyclic) bond motifs is 1. The van der Waals surface area contributed by atoms with Crippen LogP contribution >= 0.6 is 0 Å². The van der Waals surface area contributed by atoms with E-state index in [-0.39, 0.29) is 17.5 Å². The molecule has 8 nitrogen and oxygen atoms in total. The van der Waals surface area contributed by atoms with Gasteiger partial charge in [0.25, 0.3) is 5.56 Å². The van der Waals surface area contributed by atoms with Crippen LogP contribution in [0.2, 0.25) is 0 Å². The first-order valence-corrected chi connectivity index (χ1v) is 10.9. The molecule has 0 aliphatic carbocycles. The lowest BCUT2D eigenvalue weighted by Crippen LogP contribution is -2.38. The zero-order chi connectivity index (χ0) is 22.1. The van der Waals surface area contributed by atoms with Crippen LogP contribution in [0.5, 0.6) is 0 Å². The van der Waals surface area contributed by atoms with Gasteiger partial charge in [0.05, 0.1) is 6.04 Å². The summed E-state index contributed by atoms with van der Waals surface area (Å²) < 4.78 is 1.29. The number of nitrogens with one attached hydrogen (secondary N) is 2. The molecule has 4 rings (SSSR count). The summed E-state index contributed by atoms with van der Waals surface area (Å²) in [7, 11) is 1.55. The van der Waals surface area contributed by atoms with Gasteiger partial charge in [0.15, 0.2) is 5.65 Å². The maximum atomic E-state index is 13.1. The number of carbonyl (C=O) groups excluding carboxylic acids is 1. The lowest BCUT2D eigenvalue weighted by molar-refractivity contribution is -0.135. The van der Waals surface area contributed by atoms with Crippen LogP contribution in [0.1, 0.15) is 68.4 Å². The number of aromatic nitrogens is 4. The van der Waals surface area contributed by atoms with Crippen molar-refractivity contribution in [2.24, 2.45) is 7.05 Å². The SMILES string of the molecule is CC(C)c1ccc([C@H]2CCCCN2C(=O)CCc2nc3c([nH]2)c(=O)[nH]c(=O)n3C)cc1. The summed E-state index contributed by atoms with van der Waals surface area (Å²) in [5, 5.41) is 0. The second-order valence-corrected chi connectivity index (χ2v) is 8.62. The number of aryl methyl sites for hydroxylation is 2. The Morgan fingerprint density at radius 2 is 1.90 bits per heavy atom. The normalized spacial score (nSPS) is 16.9. The molecule has 8 heteroatoms. The minimum Gasteiger partial charge on any atom is -0.336 e. The molecular formula is C23H29N5O3. The Hall–Kier alpha value is -3.16. The van der Waals surface area contributed by atoms with Crippen LogP contribution in [-0.4, -0.2) is 36.9 Å². The van der Waals surface area contributed by atoms with Gasteiger partial charge in [0.2, 0.25) is 5.91 Å². The average molecular weight is 424 g/mol. The highest BCUT2D eigenvalue weighted by molar-refractivity contribution is 5.77. The second kappa shape index (κ2) is 8.53. The average Bonchev–Trinajstić information content (AvgIpc) is 3.21. The molecule has 1 aromatic carbocycles. The van der Waals surface area contributed by atoms with E-state index in [0.29, 0.717) is 30.2 Å². The summed E-state index contributed by atoms with van der Waals surface area (Å²) in [6, 6.07) is 8.72. The first-order chi connectivity index (χ1) is 14.8. The molecule has 1 saturated heterocycles. The number of piperidine rings is 1. The molecule has 0 bridgehead atoms. The number of nitrogens with zero attached hydrogens (tertiary/aromatic N) is 3. The molecule has 0 spiro atoms. The van der Waals surface area contributed by atoms with Crippen molar-refractivity contribution in [2.75, 3.05) is 6.54 Å². The van der Waals surface area contributed by atoms with Gasteiger partial charge < -0.3 is 9.88 Å². The quantitative estimate of drug-likeness (QED) is 0.658. The summed E-state index contributed by atoms with van der Waals surface area (Å²) in [6.45, 7) is 5.11. The number of benzene rings is 1. The monoisotopic (exact) mass is 423 g/mol. The van der Waals surface area contributed by atoms with E-state index in [2.05, 4.69) is 53.1 Å². The van der Waals surface area contributed by atoms with Gasteiger partial charge in [0.1, 0.15) is 11.3 Å². The minimum absolute atomic E-state index is 0.0842. The smallest absolute Gasteiger partial charge is 0.329 e. The van der Waals surface area contributed by atoms with Crippen LogP contribution in [0.3, 0.4) is 0 Å². The lowest BCUT2D eigenvalue weighted by Gasteiger charge is -2.36. The molecule has 2 aromatic heterocycles. The highest BCUT2D eigenvalue weighted by atomic mass is 16.2. The van der Waals surface area contributed by atoms with E-state index < -0.39 is 11.2 Å². The third kappa shape index (κ3) is 4.19. The first-order valence-electron chi connectivity index (χ1n) is 10.9. The highest BCUT2D eigenvalue weighted by Gasteiger charge is 2.28. The van der Waals surface area contributed by atoms with Crippen molar-refractivity contribution in [3.8, 4) is 0 Å². The lowest BCUT2D eigenvalue weighted by atomic mass is 9.92. The Balaban J connectivity index is 1.50. The van der Waals surface area contributed by atoms with E-state index in [1.807, 2.05) is 4.90 Å². The van der Waals surface area contributed by atoms with Gasteiger partial charge in [-0.15, -0.1) is 0 Å². The number of imidazole rings is 1. The van der Waals surface area contributed by atoms with E-state index in [9.17, 15) is 14.4 Å². The molecule has 3 aromatic rings. The van der Waals surface area contributed by atoms with Gasteiger partial charge in [-0.05, 0) is 36.3 Å². The standard InChI is InChI=1S/C23H29N5O3/c1-14(2)15-7-9-16(10-8-15)17-6-4-5-13-28(17)19(29)12-11-18-24-20-21(25-18)27(3)23(31)26-22(20)30/h7-10,14,17H,4-6,11-13H2,1-3H3,(H,24,25)(H,26,30,31)/t17-/m1/s1. The van der Waals surface area contributed by atoms with E-state index in [4.69, 9.17) is 0 Å². The molecule has 31 heavy (non-hydrogen) atoms. The summed E-state index contributed by atoms with van der Waals surface area (Å²) >= 11 is 0. The third-order valence-corrected chi connectivity index (χ3v) is 6.19. The van der Waals surface area contributed by atoms with Crippen molar-refractivity contribution in [1.29, 1.82) is 0 Å². The molecule has 3 heterocycles. The number of rotatable bonds is 5. The molecule has 0 saturated carbocycles.